The molecule has 2 aromatic carbocycles. The van der Waals surface area contributed by atoms with Crippen molar-refractivity contribution < 1.29 is 9.53 Å². The first kappa shape index (κ1) is 14.1. The Morgan fingerprint density at radius 3 is 2.65 bits per heavy atom. The fraction of sp³-hybridized carbons (Fsp3) is 0.0625. The molecule has 0 saturated carbocycles. The Kier molecular flexibility index (Phi) is 3.24. The number of fused-ring (bicyclic) bond motifs is 3. The van der Waals surface area contributed by atoms with E-state index in [-0.39, 0.29) is 10.7 Å². The number of nitrogens with zero attached hydrogens (tertiary/aromatic N) is 3. The van der Waals surface area contributed by atoms with Crippen molar-refractivity contribution >= 4 is 44.6 Å². The van der Waals surface area contributed by atoms with E-state index >= 15 is 0 Å². The van der Waals surface area contributed by atoms with Crippen molar-refractivity contribution in [2.24, 2.45) is 0 Å². The molecule has 23 heavy (non-hydrogen) atoms. The quantitative estimate of drug-likeness (QED) is 0.521. The summed E-state index contributed by atoms with van der Waals surface area (Å²) >= 11 is 6.79. The second-order valence-electron chi connectivity index (χ2n) is 4.90. The van der Waals surface area contributed by atoms with Crippen molar-refractivity contribution in [1.82, 2.24) is 14.2 Å². The average molecular weight is 341 g/mol. The predicted octanol–water partition coefficient (Wildman–Crippen LogP) is 3.78. The largest absolute Gasteiger partial charge is 0.497 e. The lowest BCUT2D eigenvalue weighted by atomic mass is 10.2. The van der Waals surface area contributed by atoms with Crippen molar-refractivity contribution in [3.8, 4) is 5.75 Å². The van der Waals surface area contributed by atoms with Gasteiger partial charge >= 0.3 is 0 Å². The average Bonchev–Trinajstić information content (AvgIpc) is 3.08. The van der Waals surface area contributed by atoms with Crippen LogP contribution < -0.4 is 4.74 Å². The molecule has 0 amide bonds. The normalized spacial score (nSPS) is 11.2. The number of hydrogen-bond acceptors (Lipinski definition) is 5. The van der Waals surface area contributed by atoms with Crippen LogP contribution in [0.3, 0.4) is 0 Å². The highest BCUT2D eigenvalue weighted by atomic mass is 32.1. The van der Waals surface area contributed by atoms with Crippen molar-refractivity contribution in [2.45, 2.75) is 0 Å². The molecule has 4 aromatic rings. The number of para-hydroxylation sites is 1. The van der Waals surface area contributed by atoms with Crippen LogP contribution in [0.2, 0.25) is 0 Å². The molecule has 4 rings (SSSR count). The molecule has 2 aromatic heterocycles. The number of carbonyl (C=O) groups is 1. The number of hydrogen-bond donors (Lipinski definition) is 0. The molecule has 114 valence electrons. The minimum Gasteiger partial charge on any atom is -0.497 e. The molecular formula is C16H11N3O2S2. The third kappa shape index (κ3) is 2.16. The molecule has 0 saturated heterocycles. The van der Waals surface area contributed by atoms with E-state index in [1.54, 1.807) is 35.9 Å². The summed E-state index contributed by atoms with van der Waals surface area (Å²) in [5.74, 6) is 0.485. The maximum absolute atomic E-state index is 12.9. The Balaban J connectivity index is 1.94. The first-order chi connectivity index (χ1) is 11.2. The summed E-state index contributed by atoms with van der Waals surface area (Å²) in [5.41, 5.74) is 1.44. The second-order valence-corrected chi connectivity index (χ2v) is 6.28. The third-order valence-electron chi connectivity index (χ3n) is 3.58. The molecule has 0 radical (unpaired) electrons. The van der Waals surface area contributed by atoms with E-state index in [2.05, 4.69) is 4.98 Å². The van der Waals surface area contributed by atoms with E-state index in [0.29, 0.717) is 16.3 Å². The van der Waals surface area contributed by atoms with E-state index < -0.39 is 0 Å². The molecule has 0 unspecified atom stereocenters. The number of rotatable bonds is 2. The van der Waals surface area contributed by atoms with Gasteiger partial charge in [-0.25, -0.2) is 4.52 Å². The van der Waals surface area contributed by atoms with Crippen LogP contribution in [0.25, 0.3) is 15.2 Å². The van der Waals surface area contributed by atoms with Gasteiger partial charge in [0.1, 0.15) is 5.75 Å². The highest BCUT2D eigenvalue weighted by Crippen LogP contribution is 2.26. The molecule has 0 N–H and O–H groups in total. The standard InChI is InChI=1S/C16H11N3O2S2/c1-21-11-8-6-10(7-9-11)14(20)19-15(22)17-16-18(19)12-4-2-3-5-13(12)23-16/h2-9H,1H3. The lowest BCUT2D eigenvalue weighted by Gasteiger charge is -2.05. The minimum absolute atomic E-state index is 0.214. The topological polar surface area (TPSA) is 48.5 Å². The Morgan fingerprint density at radius 1 is 1.17 bits per heavy atom. The number of thiazole rings is 1. The number of carbonyl (C=O) groups excluding carboxylic acids is 1. The summed E-state index contributed by atoms with van der Waals surface area (Å²) in [6.45, 7) is 0. The highest BCUT2D eigenvalue weighted by molar-refractivity contribution is 7.71. The van der Waals surface area contributed by atoms with Crippen LogP contribution in [0, 0.1) is 4.77 Å². The second kappa shape index (κ2) is 5.29. The van der Waals surface area contributed by atoms with Crippen LogP contribution in [-0.4, -0.2) is 27.2 Å². The van der Waals surface area contributed by atoms with Crippen LogP contribution in [-0.2, 0) is 0 Å². The summed E-state index contributed by atoms with van der Waals surface area (Å²) in [5, 5.41) is 0. The molecule has 5 nitrogen and oxygen atoms in total. The van der Waals surface area contributed by atoms with Crippen molar-refractivity contribution in [1.29, 1.82) is 0 Å². The third-order valence-corrected chi connectivity index (χ3v) is 4.85. The molecule has 0 bridgehead atoms. The van der Waals surface area contributed by atoms with Crippen molar-refractivity contribution in [3.05, 3.63) is 58.9 Å². The van der Waals surface area contributed by atoms with E-state index in [0.717, 1.165) is 10.2 Å². The molecule has 0 fully saturated rings. The summed E-state index contributed by atoms with van der Waals surface area (Å²) in [6.07, 6.45) is 0. The zero-order valence-electron chi connectivity index (χ0n) is 12.1. The first-order valence-corrected chi connectivity index (χ1v) is 8.09. The molecule has 0 aliphatic rings. The number of methoxy groups -OCH3 is 1. The summed E-state index contributed by atoms with van der Waals surface area (Å²) < 4.78 is 9.64. The van der Waals surface area contributed by atoms with Crippen LogP contribution >= 0.6 is 23.6 Å². The number of ether oxygens (including phenoxy) is 1. The molecule has 2 heterocycles. The monoisotopic (exact) mass is 341 g/mol. The zero-order chi connectivity index (χ0) is 16.0. The minimum atomic E-state index is -0.214. The van der Waals surface area contributed by atoms with Crippen LogP contribution in [0.4, 0.5) is 0 Å². The van der Waals surface area contributed by atoms with Gasteiger partial charge in [-0.1, -0.05) is 23.5 Å². The summed E-state index contributed by atoms with van der Waals surface area (Å²) in [6, 6.07) is 14.8. The van der Waals surface area contributed by atoms with Crippen LogP contribution in [0.15, 0.2) is 48.5 Å². The maximum Gasteiger partial charge on any atom is 0.279 e. The fourth-order valence-electron chi connectivity index (χ4n) is 2.47. The smallest absolute Gasteiger partial charge is 0.279 e. The molecule has 0 aliphatic heterocycles. The fourth-order valence-corrected chi connectivity index (χ4v) is 3.78. The summed E-state index contributed by atoms with van der Waals surface area (Å²) in [7, 11) is 1.59. The Morgan fingerprint density at radius 2 is 1.91 bits per heavy atom. The van der Waals surface area contributed by atoms with Gasteiger partial charge in [0.25, 0.3) is 5.91 Å². The van der Waals surface area contributed by atoms with Crippen LogP contribution in [0.5, 0.6) is 5.75 Å². The first-order valence-electron chi connectivity index (χ1n) is 6.87. The number of benzene rings is 2. The van der Waals surface area contributed by atoms with Gasteiger partial charge in [0.2, 0.25) is 9.73 Å². The van der Waals surface area contributed by atoms with Gasteiger partial charge < -0.3 is 4.74 Å². The SMILES string of the molecule is COc1ccc(C(=O)n2c(=S)nc3sc4ccccc4n32)cc1. The van der Waals surface area contributed by atoms with E-state index in [9.17, 15) is 4.79 Å². The molecule has 7 heteroatoms. The number of aromatic nitrogens is 3. The van der Waals surface area contributed by atoms with E-state index in [4.69, 9.17) is 17.0 Å². The Labute approximate surface area is 140 Å². The molecular weight excluding hydrogens is 330 g/mol. The summed E-state index contributed by atoms with van der Waals surface area (Å²) in [4.78, 5) is 17.9. The zero-order valence-corrected chi connectivity index (χ0v) is 13.7. The van der Waals surface area contributed by atoms with Crippen molar-refractivity contribution in [3.63, 3.8) is 0 Å². The van der Waals surface area contributed by atoms with Gasteiger partial charge in [-0.05, 0) is 48.6 Å². The maximum atomic E-state index is 12.9. The van der Waals surface area contributed by atoms with Crippen molar-refractivity contribution in [2.75, 3.05) is 7.11 Å². The van der Waals surface area contributed by atoms with Gasteiger partial charge in [-0.15, -0.1) is 0 Å². The highest BCUT2D eigenvalue weighted by Gasteiger charge is 2.18. The predicted molar refractivity (Wildman–Crippen MR) is 92.1 cm³/mol. The van der Waals surface area contributed by atoms with Crippen LogP contribution in [0.1, 0.15) is 10.4 Å². The Hall–Kier alpha value is -2.51. The van der Waals surface area contributed by atoms with Gasteiger partial charge in [0.15, 0.2) is 0 Å². The Bertz CT molecular complexity index is 1090. The van der Waals surface area contributed by atoms with Gasteiger partial charge in [-0.3, -0.25) is 4.79 Å². The molecule has 0 aliphatic carbocycles. The van der Waals surface area contributed by atoms with Gasteiger partial charge in [0.05, 0.1) is 17.3 Å². The van der Waals surface area contributed by atoms with Gasteiger partial charge in [0, 0.05) is 5.56 Å². The van der Waals surface area contributed by atoms with Gasteiger partial charge in [-0.2, -0.15) is 9.67 Å². The lowest BCUT2D eigenvalue weighted by Crippen LogP contribution is -2.17. The lowest BCUT2D eigenvalue weighted by molar-refractivity contribution is 0.0939. The molecule has 0 spiro atoms. The van der Waals surface area contributed by atoms with E-state index in [1.165, 1.54) is 16.0 Å². The molecule has 0 atom stereocenters. The van der Waals surface area contributed by atoms with E-state index in [1.807, 2.05) is 24.3 Å².